The molecule has 0 radical (unpaired) electrons. The van der Waals surface area contributed by atoms with Crippen molar-refractivity contribution in [2.45, 2.75) is 47.2 Å². The molecular weight excluding hydrogens is 260 g/mol. The van der Waals surface area contributed by atoms with Crippen LogP contribution in [0, 0.1) is 6.92 Å². The maximum Gasteiger partial charge on any atom is 0.521 e. The number of aryl methyl sites for hydroxylation is 2. The normalized spacial score (nSPS) is 12.1. The van der Waals surface area contributed by atoms with Crippen molar-refractivity contribution in [3.8, 4) is 0 Å². The van der Waals surface area contributed by atoms with E-state index >= 15 is 0 Å². The highest BCUT2D eigenvalue weighted by Gasteiger charge is 2.41. The molecule has 0 N–H and O–H groups in total. The Bertz CT molecular complexity index is 365. The van der Waals surface area contributed by atoms with E-state index < -0.39 is 8.80 Å². The summed E-state index contributed by atoms with van der Waals surface area (Å²) in [5.41, 5.74) is 1.02. The molecule has 5 nitrogen and oxygen atoms in total. The fourth-order valence-corrected chi connectivity index (χ4v) is 4.68. The number of hydrogen-bond acceptors (Lipinski definition) is 4. The first-order chi connectivity index (χ1) is 9.10. The molecule has 0 amide bonds. The van der Waals surface area contributed by atoms with Crippen molar-refractivity contribution in [3.63, 3.8) is 0 Å². The molecule has 1 aromatic rings. The van der Waals surface area contributed by atoms with E-state index in [-0.39, 0.29) is 0 Å². The number of hydrogen-bond donors (Lipinski definition) is 0. The molecule has 0 atom stereocenters. The molecule has 6 heteroatoms. The standard InChI is InChI=1S/C13H26N2O3Si/c1-6-13-14-12(5)10-15(13)11-19(16-7-2,17-8-3)18-9-4/h10H,6-9,11H2,1-5H3. The third kappa shape index (κ3) is 4.41. The molecule has 0 aliphatic carbocycles. The van der Waals surface area contributed by atoms with Gasteiger partial charge < -0.3 is 17.8 Å². The highest BCUT2D eigenvalue weighted by atomic mass is 28.4. The van der Waals surface area contributed by atoms with E-state index in [4.69, 9.17) is 13.3 Å². The molecule has 0 aliphatic rings. The van der Waals surface area contributed by atoms with Crippen molar-refractivity contribution in [2.75, 3.05) is 19.8 Å². The Morgan fingerprint density at radius 2 is 1.58 bits per heavy atom. The van der Waals surface area contributed by atoms with Crippen molar-refractivity contribution in [2.24, 2.45) is 0 Å². The highest BCUT2D eigenvalue weighted by molar-refractivity contribution is 6.59. The van der Waals surface area contributed by atoms with Crippen molar-refractivity contribution in [3.05, 3.63) is 17.7 Å². The second-order valence-corrected chi connectivity index (χ2v) is 6.81. The van der Waals surface area contributed by atoms with Crippen molar-refractivity contribution in [1.82, 2.24) is 9.55 Å². The van der Waals surface area contributed by atoms with Gasteiger partial charge in [-0.3, -0.25) is 0 Å². The van der Waals surface area contributed by atoms with E-state index in [9.17, 15) is 0 Å². The number of aromatic nitrogens is 2. The lowest BCUT2D eigenvalue weighted by atomic mass is 10.5. The van der Waals surface area contributed by atoms with Crippen LogP contribution in [0.3, 0.4) is 0 Å². The predicted molar refractivity (Wildman–Crippen MR) is 77.0 cm³/mol. The number of nitrogens with zero attached hydrogens (tertiary/aromatic N) is 2. The first-order valence-corrected chi connectivity index (χ1v) is 8.98. The van der Waals surface area contributed by atoms with Crippen LogP contribution in [0.4, 0.5) is 0 Å². The van der Waals surface area contributed by atoms with Gasteiger partial charge >= 0.3 is 8.80 Å². The van der Waals surface area contributed by atoms with E-state index in [1.807, 2.05) is 33.9 Å². The van der Waals surface area contributed by atoms with Crippen LogP contribution in [0.5, 0.6) is 0 Å². The summed E-state index contributed by atoms with van der Waals surface area (Å²) in [4.78, 5) is 4.51. The van der Waals surface area contributed by atoms with Gasteiger partial charge in [-0.25, -0.2) is 4.98 Å². The van der Waals surface area contributed by atoms with Crippen LogP contribution >= 0.6 is 0 Å². The molecule has 1 aromatic heterocycles. The van der Waals surface area contributed by atoms with Gasteiger partial charge in [-0.15, -0.1) is 0 Å². The lowest BCUT2D eigenvalue weighted by Gasteiger charge is -2.29. The predicted octanol–water partition coefficient (Wildman–Crippen LogP) is 2.34. The second-order valence-electron chi connectivity index (χ2n) is 4.26. The van der Waals surface area contributed by atoms with E-state index in [1.54, 1.807) is 0 Å². The summed E-state index contributed by atoms with van der Waals surface area (Å²) >= 11 is 0. The SMILES string of the molecule is CCO[Si](Cn1cc(C)nc1CC)(OCC)OCC. The van der Waals surface area contributed by atoms with Crippen LogP contribution in [0.2, 0.25) is 0 Å². The zero-order chi connectivity index (χ0) is 14.3. The lowest BCUT2D eigenvalue weighted by molar-refractivity contribution is 0.0647. The Hall–Kier alpha value is -0.693. The Balaban J connectivity index is 2.96. The molecule has 0 unspecified atom stereocenters. The average Bonchev–Trinajstić information content (AvgIpc) is 2.70. The molecule has 0 saturated heterocycles. The molecule has 19 heavy (non-hydrogen) atoms. The van der Waals surface area contributed by atoms with Gasteiger partial charge in [0, 0.05) is 32.4 Å². The van der Waals surface area contributed by atoms with E-state index in [2.05, 4.69) is 16.5 Å². The molecule has 1 heterocycles. The minimum Gasteiger partial charge on any atom is -0.373 e. The third-order valence-corrected chi connectivity index (χ3v) is 5.67. The molecule has 0 bridgehead atoms. The molecule has 0 aromatic carbocycles. The average molecular weight is 286 g/mol. The summed E-state index contributed by atoms with van der Waals surface area (Å²) in [6.07, 6.45) is 3.56. The minimum atomic E-state index is -2.65. The first-order valence-electron chi connectivity index (χ1n) is 7.05. The largest absolute Gasteiger partial charge is 0.521 e. The van der Waals surface area contributed by atoms with E-state index in [1.165, 1.54) is 0 Å². The zero-order valence-corrected chi connectivity index (χ0v) is 13.7. The van der Waals surface area contributed by atoms with Crippen molar-refractivity contribution in [1.29, 1.82) is 0 Å². The Kier molecular flexibility index (Phi) is 6.71. The number of imidazole rings is 1. The van der Waals surface area contributed by atoms with E-state index in [0.29, 0.717) is 26.0 Å². The van der Waals surface area contributed by atoms with Gasteiger partial charge in [0.15, 0.2) is 0 Å². The summed E-state index contributed by atoms with van der Waals surface area (Å²) in [6.45, 7) is 11.8. The van der Waals surface area contributed by atoms with Gasteiger partial charge in [0.05, 0.1) is 11.9 Å². The molecular formula is C13H26N2O3Si. The van der Waals surface area contributed by atoms with Gasteiger partial charge in [-0.2, -0.15) is 0 Å². The summed E-state index contributed by atoms with van der Waals surface area (Å²) < 4.78 is 19.7. The molecule has 0 spiro atoms. The summed E-state index contributed by atoms with van der Waals surface area (Å²) in [5.74, 6) is 1.05. The van der Waals surface area contributed by atoms with Crippen LogP contribution in [0.1, 0.15) is 39.2 Å². The van der Waals surface area contributed by atoms with Crippen molar-refractivity contribution < 1.29 is 13.3 Å². The molecule has 0 aliphatic heterocycles. The smallest absolute Gasteiger partial charge is 0.373 e. The molecule has 1 rings (SSSR count). The zero-order valence-electron chi connectivity index (χ0n) is 12.7. The monoisotopic (exact) mass is 286 g/mol. The van der Waals surface area contributed by atoms with Crippen LogP contribution in [0.25, 0.3) is 0 Å². The second kappa shape index (κ2) is 7.79. The highest BCUT2D eigenvalue weighted by Crippen LogP contribution is 2.15. The van der Waals surface area contributed by atoms with Gasteiger partial charge in [0.25, 0.3) is 0 Å². The third-order valence-electron chi connectivity index (χ3n) is 2.75. The molecule has 110 valence electrons. The van der Waals surface area contributed by atoms with Gasteiger partial charge in [-0.1, -0.05) is 6.92 Å². The quantitative estimate of drug-likeness (QED) is 0.654. The van der Waals surface area contributed by atoms with Crippen LogP contribution in [-0.2, 0) is 25.9 Å². The van der Waals surface area contributed by atoms with Crippen LogP contribution < -0.4 is 0 Å². The lowest BCUT2D eigenvalue weighted by Crippen LogP contribution is -2.50. The Morgan fingerprint density at radius 1 is 1.05 bits per heavy atom. The Labute approximate surface area is 117 Å². The summed E-state index contributed by atoms with van der Waals surface area (Å²) in [7, 11) is -2.65. The Morgan fingerprint density at radius 3 is 2.00 bits per heavy atom. The fourth-order valence-electron chi connectivity index (χ4n) is 2.15. The van der Waals surface area contributed by atoms with Crippen LogP contribution in [-0.4, -0.2) is 38.2 Å². The molecule has 0 saturated carbocycles. The molecule has 0 fully saturated rings. The summed E-state index contributed by atoms with van der Waals surface area (Å²) in [6, 6.07) is 0. The topological polar surface area (TPSA) is 45.5 Å². The summed E-state index contributed by atoms with van der Waals surface area (Å²) in [5, 5.41) is 0. The maximum absolute atomic E-state index is 5.87. The maximum atomic E-state index is 5.87. The fraction of sp³-hybridized carbons (Fsp3) is 0.769. The van der Waals surface area contributed by atoms with Gasteiger partial charge in [0.2, 0.25) is 0 Å². The van der Waals surface area contributed by atoms with Crippen molar-refractivity contribution >= 4 is 8.80 Å². The first kappa shape index (κ1) is 16.4. The van der Waals surface area contributed by atoms with Crippen LogP contribution in [0.15, 0.2) is 6.20 Å². The minimum absolute atomic E-state index is 0.599. The van der Waals surface area contributed by atoms with Gasteiger partial charge in [-0.05, 0) is 27.7 Å². The van der Waals surface area contributed by atoms with Gasteiger partial charge in [0.1, 0.15) is 5.82 Å². The van der Waals surface area contributed by atoms with E-state index in [0.717, 1.165) is 17.9 Å². The number of rotatable bonds is 9.